The number of hydrogen-bond donors (Lipinski definition) is 0. The smallest absolute Gasteiger partial charge is 0.419 e. The van der Waals surface area contributed by atoms with Crippen LogP contribution in [0.3, 0.4) is 0 Å². The Hall–Kier alpha value is -3.56. The fourth-order valence-electron chi connectivity index (χ4n) is 6.07. The number of rotatable bonds is 7. The van der Waals surface area contributed by atoms with Crippen molar-refractivity contribution in [1.29, 1.82) is 5.26 Å². The van der Waals surface area contributed by atoms with Crippen molar-refractivity contribution in [3.05, 3.63) is 52.7 Å². The molecule has 1 amide bonds. The molecule has 9 nitrogen and oxygen atoms in total. The maximum Gasteiger partial charge on any atom is 0.419 e. The van der Waals surface area contributed by atoms with Gasteiger partial charge in [-0.3, -0.25) is 4.79 Å². The van der Waals surface area contributed by atoms with E-state index in [1.807, 2.05) is 11.9 Å². The maximum absolute atomic E-state index is 14.0. The number of hydrogen-bond acceptors (Lipinski definition) is 8. The lowest BCUT2D eigenvalue weighted by atomic mass is 10.0. The average molecular weight is 604 g/mol. The lowest BCUT2D eigenvalue weighted by molar-refractivity contribution is -0.137. The van der Waals surface area contributed by atoms with Gasteiger partial charge in [-0.25, -0.2) is 0 Å². The van der Waals surface area contributed by atoms with Gasteiger partial charge in [0.2, 0.25) is 5.91 Å². The summed E-state index contributed by atoms with van der Waals surface area (Å²) in [7, 11) is 2.04. The molecule has 42 heavy (non-hydrogen) atoms. The molecule has 1 aromatic heterocycles. The number of carbonyl (C=O) groups excluding carboxylic acids is 1. The molecule has 2 atom stereocenters. The number of carbonyl (C=O) groups is 1. The van der Waals surface area contributed by atoms with Gasteiger partial charge in [0.1, 0.15) is 12.4 Å². The molecule has 0 spiro atoms. The first kappa shape index (κ1) is 29.9. The summed E-state index contributed by atoms with van der Waals surface area (Å²) in [6.45, 7) is 6.59. The molecule has 0 radical (unpaired) electrons. The van der Waals surface area contributed by atoms with Crippen LogP contribution >= 0.6 is 11.6 Å². The third-order valence-electron chi connectivity index (χ3n) is 8.28. The van der Waals surface area contributed by atoms with Gasteiger partial charge in [0.25, 0.3) is 0 Å². The number of nitrogens with zero attached hydrogens (tertiary/aromatic N) is 7. The second-order valence-corrected chi connectivity index (χ2v) is 11.3. The number of anilines is 2. The van der Waals surface area contributed by atoms with Crippen LogP contribution in [0.4, 0.5) is 24.7 Å². The molecule has 2 saturated heterocycles. The number of alkyl halides is 3. The highest BCUT2D eigenvalue weighted by Crippen LogP contribution is 2.43. The first-order valence-electron chi connectivity index (χ1n) is 14.0. The number of halogens is 4. The van der Waals surface area contributed by atoms with E-state index in [9.17, 15) is 23.2 Å². The van der Waals surface area contributed by atoms with Crippen LogP contribution in [0.2, 0.25) is 5.02 Å². The summed E-state index contributed by atoms with van der Waals surface area (Å²) in [6, 6.07) is 6.37. The van der Waals surface area contributed by atoms with Crippen LogP contribution in [0.15, 0.2) is 30.9 Å². The summed E-state index contributed by atoms with van der Waals surface area (Å²) >= 11 is 6.02. The van der Waals surface area contributed by atoms with Gasteiger partial charge in [-0.05, 0) is 51.1 Å². The maximum atomic E-state index is 14.0. The van der Waals surface area contributed by atoms with Crippen LogP contribution in [0.5, 0.6) is 6.01 Å². The number of ether oxygens (including phenoxy) is 1. The van der Waals surface area contributed by atoms with Gasteiger partial charge in [-0.1, -0.05) is 24.2 Å². The number of likely N-dealkylation sites (N-methyl/N-ethyl adjacent to an activating group) is 1. The normalized spacial score (nSPS) is 21.2. The zero-order valence-electron chi connectivity index (χ0n) is 23.4. The quantitative estimate of drug-likeness (QED) is 0.433. The molecule has 224 valence electrons. The van der Waals surface area contributed by atoms with Crippen LogP contribution in [0.1, 0.15) is 36.1 Å². The second kappa shape index (κ2) is 12.4. The van der Waals surface area contributed by atoms with E-state index in [0.717, 1.165) is 24.9 Å². The highest BCUT2D eigenvalue weighted by atomic mass is 35.5. The van der Waals surface area contributed by atoms with E-state index in [2.05, 4.69) is 17.5 Å². The van der Waals surface area contributed by atoms with E-state index in [-0.39, 0.29) is 47.7 Å². The van der Waals surface area contributed by atoms with Crippen molar-refractivity contribution >= 4 is 29.0 Å². The van der Waals surface area contributed by atoms with Gasteiger partial charge >= 0.3 is 12.2 Å². The number of likely N-dealkylation sites (tertiary alicyclic amines) is 1. The van der Waals surface area contributed by atoms with Crippen LogP contribution < -0.4 is 14.5 Å². The lowest BCUT2D eigenvalue weighted by Gasteiger charge is -2.42. The fourth-order valence-corrected chi connectivity index (χ4v) is 6.35. The number of amides is 1. The lowest BCUT2D eigenvalue weighted by Crippen LogP contribution is -2.55. The average Bonchev–Trinajstić information content (AvgIpc) is 3.38. The van der Waals surface area contributed by atoms with Crippen molar-refractivity contribution in [2.45, 2.75) is 50.5 Å². The molecule has 2 aromatic rings. The highest BCUT2D eigenvalue weighted by Gasteiger charge is 2.39. The summed E-state index contributed by atoms with van der Waals surface area (Å²) in [5, 5.41) is 9.09. The summed E-state index contributed by atoms with van der Waals surface area (Å²) in [5.74, 6) is 0.396. The minimum atomic E-state index is -4.62. The minimum absolute atomic E-state index is 0.00139. The predicted molar refractivity (Wildman–Crippen MR) is 153 cm³/mol. The van der Waals surface area contributed by atoms with Crippen LogP contribution in [0.25, 0.3) is 0 Å². The first-order valence-corrected chi connectivity index (χ1v) is 14.4. The summed E-state index contributed by atoms with van der Waals surface area (Å²) in [6.07, 6.45) is -0.766. The molecule has 4 heterocycles. The molecule has 13 heteroatoms. The van der Waals surface area contributed by atoms with Crippen molar-refractivity contribution in [2.24, 2.45) is 0 Å². The van der Waals surface area contributed by atoms with Crippen LogP contribution in [-0.2, 0) is 23.9 Å². The van der Waals surface area contributed by atoms with Gasteiger partial charge in [-0.2, -0.15) is 28.4 Å². The molecule has 0 aliphatic carbocycles. The number of benzene rings is 1. The number of piperazine rings is 1. The van der Waals surface area contributed by atoms with E-state index in [0.29, 0.717) is 50.7 Å². The van der Waals surface area contributed by atoms with Crippen LogP contribution in [0, 0.1) is 11.3 Å². The van der Waals surface area contributed by atoms with E-state index >= 15 is 0 Å². The Morgan fingerprint density at radius 2 is 2.02 bits per heavy atom. The van der Waals surface area contributed by atoms with Gasteiger partial charge in [0, 0.05) is 37.8 Å². The fraction of sp³-hybridized carbons (Fsp3) is 0.517. The van der Waals surface area contributed by atoms with Crippen molar-refractivity contribution in [3.63, 3.8) is 0 Å². The Kier molecular flexibility index (Phi) is 8.80. The van der Waals surface area contributed by atoms with Crippen molar-refractivity contribution in [2.75, 3.05) is 56.2 Å². The number of aromatic nitrogens is 2. The van der Waals surface area contributed by atoms with Gasteiger partial charge in [-0.15, -0.1) is 0 Å². The Bertz CT molecular complexity index is 1380. The van der Waals surface area contributed by atoms with Crippen molar-refractivity contribution < 1.29 is 22.7 Å². The molecule has 1 aromatic carbocycles. The monoisotopic (exact) mass is 603 g/mol. The Labute approximate surface area is 248 Å². The zero-order valence-corrected chi connectivity index (χ0v) is 24.2. The molecule has 2 unspecified atom stereocenters. The van der Waals surface area contributed by atoms with Crippen molar-refractivity contribution in [3.8, 4) is 12.1 Å². The second-order valence-electron chi connectivity index (χ2n) is 10.8. The molecule has 0 bridgehead atoms. The molecule has 3 aliphatic rings. The van der Waals surface area contributed by atoms with E-state index in [1.54, 1.807) is 9.80 Å². The Balaban J connectivity index is 1.49. The molecule has 0 saturated carbocycles. The molecular weight excluding hydrogens is 571 g/mol. The zero-order chi connectivity index (χ0) is 30.0. The summed E-state index contributed by atoms with van der Waals surface area (Å²) in [5.41, 5.74) is 0.538. The largest absolute Gasteiger partial charge is 0.462 e. The first-order chi connectivity index (χ1) is 20.1. The molecule has 2 fully saturated rings. The third kappa shape index (κ3) is 6.13. The van der Waals surface area contributed by atoms with E-state index in [1.165, 1.54) is 24.3 Å². The van der Waals surface area contributed by atoms with Gasteiger partial charge < -0.3 is 24.3 Å². The number of nitriles is 1. The van der Waals surface area contributed by atoms with Crippen molar-refractivity contribution in [1.82, 2.24) is 19.8 Å². The third-order valence-corrected chi connectivity index (χ3v) is 8.60. The summed E-state index contributed by atoms with van der Waals surface area (Å²) < 4.78 is 48.1. The molecule has 5 rings (SSSR count). The Morgan fingerprint density at radius 1 is 1.21 bits per heavy atom. The highest BCUT2D eigenvalue weighted by molar-refractivity contribution is 6.31. The van der Waals surface area contributed by atoms with Crippen LogP contribution in [-0.4, -0.2) is 84.1 Å². The topological polar surface area (TPSA) is 88.8 Å². The Morgan fingerprint density at radius 3 is 2.71 bits per heavy atom. The molecule has 0 N–H and O–H groups in total. The van der Waals surface area contributed by atoms with Gasteiger partial charge in [0.05, 0.1) is 47.0 Å². The SMILES string of the molecule is C=CC(=O)N1CCN(c2nc(OCC3CCCN3C)nc3c2CCN(c2cccc(Cl)c2C(F)(F)F)C3)CC1CC#N. The molecule has 3 aliphatic heterocycles. The molecular formula is C29H33ClF3N7O2. The minimum Gasteiger partial charge on any atom is -0.462 e. The van der Waals surface area contributed by atoms with E-state index < -0.39 is 11.7 Å². The standard InChI is InChI=1S/C29H33ClF3N7O2/c1-3-25(41)40-15-14-39(16-19(40)9-11-34)27-21-10-13-38(24-8-4-7-22(30)26(24)29(31,32)33)17-23(21)35-28(36-27)42-18-20-6-5-12-37(20)2/h3-4,7-8,19-20H,1,5-6,9-10,12-18H2,2H3. The van der Waals surface area contributed by atoms with Gasteiger partial charge in [0.15, 0.2) is 0 Å². The number of fused-ring (bicyclic) bond motifs is 1. The van der Waals surface area contributed by atoms with E-state index in [4.69, 9.17) is 26.3 Å². The summed E-state index contributed by atoms with van der Waals surface area (Å²) in [4.78, 5) is 29.5. The predicted octanol–water partition coefficient (Wildman–Crippen LogP) is 4.30.